The number of rotatable bonds is 16. The fourth-order valence-electron chi connectivity index (χ4n) is 2.94. The second kappa shape index (κ2) is 18.3. The molecule has 0 bridgehead atoms. The van der Waals surface area contributed by atoms with Crippen LogP contribution in [0, 0.1) is 0 Å². The van der Waals surface area contributed by atoms with Crippen LogP contribution in [-0.2, 0) is 24.1 Å². The number of likely N-dealkylation sites (N-methyl/N-ethyl adjacent to an activating group) is 1. The third-order valence-corrected chi connectivity index (χ3v) is 5.61. The molecule has 0 spiro atoms. The van der Waals surface area contributed by atoms with Crippen LogP contribution >= 0.6 is 0 Å². The third kappa shape index (κ3) is 18.7. The van der Waals surface area contributed by atoms with Crippen molar-refractivity contribution in [2.75, 3.05) is 39.4 Å². The summed E-state index contributed by atoms with van der Waals surface area (Å²) in [5, 5.41) is 0. The van der Waals surface area contributed by atoms with Crippen molar-refractivity contribution in [2.24, 2.45) is 0 Å². The van der Waals surface area contributed by atoms with Gasteiger partial charge in [0.1, 0.15) is 13.2 Å². The van der Waals surface area contributed by atoms with Gasteiger partial charge in [-0.2, -0.15) is 0 Å². The summed E-state index contributed by atoms with van der Waals surface area (Å²) in [4.78, 5) is 11.7. The number of esters is 1. The average molecular weight is 426 g/mol. The summed E-state index contributed by atoms with van der Waals surface area (Å²) in [6.45, 7) is 15.1. The number of unbranched alkanes of at least 4 members (excludes halogenated alkanes) is 6. The van der Waals surface area contributed by atoms with E-state index < -0.39 is 10.4 Å². The van der Waals surface area contributed by atoms with Crippen LogP contribution in [0.25, 0.3) is 0 Å². The molecule has 0 fully saturated rings. The van der Waals surface area contributed by atoms with Crippen LogP contribution in [-0.4, -0.2) is 62.8 Å². The predicted molar refractivity (Wildman–Crippen MR) is 112 cm³/mol. The molecule has 0 aromatic carbocycles. The van der Waals surface area contributed by atoms with Crippen LogP contribution in [0.2, 0.25) is 0 Å². The van der Waals surface area contributed by atoms with E-state index in [1.807, 2.05) is 0 Å². The van der Waals surface area contributed by atoms with E-state index in [9.17, 15) is 17.8 Å². The van der Waals surface area contributed by atoms with Crippen LogP contribution in [0.5, 0.6) is 0 Å². The van der Waals surface area contributed by atoms with E-state index in [0.29, 0.717) is 13.0 Å². The first-order chi connectivity index (χ1) is 13.2. The summed E-state index contributed by atoms with van der Waals surface area (Å²) in [5.74, 6) is -0.00929. The molecule has 0 radical (unpaired) electrons. The van der Waals surface area contributed by atoms with E-state index in [0.717, 1.165) is 43.5 Å². The lowest BCUT2D eigenvalue weighted by atomic mass is 10.1. The van der Waals surface area contributed by atoms with Crippen LogP contribution in [0.15, 0.2) is 0 Å². The first-order valence-corrected chi connectivity index (χ1v) is 12.1. The highest BCUT2D eigenvalue weighted by Gasteiger charge is 2.20. The first-order valence-electron chi connectivity index (χ1n) is 10.8. The van der Waals surface area contributed by atoms with Crippen molar-refractivity contribution in [1.82, 2.24) is 0 Å². The maximum absolute atomic E-state index is 11.7. The summed E-state index contributed by atoms with van der Waals surface area (Å²) >= 11 is 0. The molecule has 0 aliphatic carbocycles. The molecule has 8 heteroatoms. The summed E-state index contributed by atoms with van der Waals surface area (Å²) in [7, 11) is -4.42. The Morgan fingerprint density at radius 1 is 0.857 bits per heavy atom. The van der Waals surface area contributed by atoms with Crippen molar-refractivity contribution in [1.29, 1.82) is 0 Å². The number of carbonyl (C=O) groups excluding carboxylic acids is 1. The Balaban J connectivity index is 0. The molecule has 0 aromatic rings. The van der Waals surface area contributed by atoms with Gasteiger partial charge in [-0.25, -0.2) is 8.42 Å². The second-order valence-corrected chi connectivity index (χ2v) is 7.97. The van der Waals surface area contributed by atoms with E-state index >= 15 is 0 Å². The van der Waals surface area contributed by atoms with Crippen molar-refractivity contribution in [3.05, 3.63) is 0 Å². The van der Waals surface area contributed by atoms with Crippen molar-refractivity contribution >= 4 is 16.4 Å². The van der Waals surface area contributed by atoms with E-state index in [-0.39, 0.29) is 12.6 Å². The maximum Gasteiger partial charge on any atom is 0.305 e. The zero-order valence-corrected chi connectivity index (χ0v) is 19.5. The maximum atomic E-state index is 11.7. The smallest absolute Gasteiger partial charge is 0.305 e. The number of hydrogen-bond donors (Lipinski definition) is 0. The van der Waals surface area contributed by atoms with E-state index in [2.05, 4.69) is 31.9 Å². The van der Waals surface area contributed by atoms with E-state index in [4.69, 9.17) is 4.74 Å². The lowest BCUT2D eigenvalue weighted by Crippen LogP contribution is -2.49. The van der Waals surface area contributed by atoms with Crippen LogP contribution < -0.4 is 0 Å². The fourth-order valence-corrected chi connectivity index (χ4v) is 3.23. The summed E-state index contributed by atoms with van der Waals surface area (Å²) in [5.41, 5.74) is 0. The second-order valence-electron chi connectivity index (χ2n) is 6.92. The highest BCUT2D eigenvalue weighted by Crippen LogP contribution is 2.09. The third-order valence-electron chi connectivity index (χ3n) is 5.09. The molecule has 0 amide bonds. The Morgan fingerprint density at radius 3 is 1.75 bits per heavy atom. The molecule has 0 atom stereocenters. The number of quaternary nitrogens is 1. The molecule has 0 aliphatic rings. The van der Waals surface area contributed by atoms with Gasteiger partial charge in [-0.15, -0.1) is 0 Å². The van der Waals surface area contributed by atoms with Gasteiger partial charge in [0, 0.05) is 6.42 Å². The largest absolute Gasteiger partial charge is 0.726 e. The first kappa shape index (κ1) is 29.5. The molecule has 0 heterocycles. The van der Waals surface area contributed by atoms with Crippen LogP contribution in [0.3, 0.4) is 0 Å². The van der Waals surface area contributed by atoms with Gasteiger partial charge in [0.2, 0.25) is 10.4 Å². The predicted octanol–water partition coefficient (Wildman–Crippen LogP) is 4.03. The minimum atomic E-state index is -4.42. The molecule has 7 nitrogen and oxygen atoms in total. The number of nitrogens with zero attached hydrogens (tertiary/aromatic N) is 1. The molecule has 0 unspecified atom stereocenters. The highest BCUT2D eigenvalue weighted by molar-refractivity contribution is 7.80. The van der Waals surface area contributed by atoms with Crippen molar-refractivity contribution in [2.45, 2.75) is 86.0 Å². The number of hydrogen-bond acceptors (Lipinski definition) is 6. The topological polar surface area (TPSA) is 92.7 Å². The van der Waals surface area contributed by atoms with Gasteiger partial charge < -0.3 is 13.8 Å². The lowest BCUT2D eigenvalue weighted by Gasteiger charge is -2.35. The summed E-state index contributed by atoms with van der Waals surface area (Å²) in [6.07, 6.45) is 9.29. The van der Waals surface area contributed by atoms with Gasteiger partial charge in [0.05, 0.1) is 26.2 Å². The van der Waals surface area contributed by atoms with Crippen molar-refractivity contribution in [3.63, 3.8) is 0 Å². The van der Waals surface area contributed by atoms with Crippen LogP contribution in [0.4, 0.5) is 0 Å². The Labute approximate surface area is 173 Å². The van der Waals surface area contributed by atoms with E-state index in [1.54, 1.807) is 0 Å². The van der Waals surface area contributed by atoms with Crippen LogP contribution in [0.1, 0.15) is 86.0 Å². The Morgan fingerprint density at radius 2 is 1.36 bits per heavy atom. The molecule has 0 N–H and O–H groups in total. The van der Waals surface area contributed by atoms with Gasteiger partial charge >= 0.3 is 5.97 Å². The minimum absolute atomic E-state index is 0.00929. The fraction of sp³-hybridized carbons (Fsp3) is 0.950. The SMILES string of the molecule is CCCCCCCCCC(=O)OCC[N+](CC)(CC)CC.CCOS(=O)(=O)[O-]. The molecular formula is C20H43NO6S. The van der Waals surface area contributed by atoms with Gasteiger partial charge in [-0.3, -0.25) is 8.98 Å². The summed E-state index contributed by atoms with van der Waals surface area (Å²) < 4.78 is 38.4. The average Bonchev–Trinajstić information content (AvgIpc) is 2.64. The number of carbonyl (C=O) groups is 1. The Kier molecular flexibility index (Phi) is 19.3. The molecule has 0 rings (SSSR count). The minimum Gasteiger partial charge on any atom is -0.726 e. The molecule has 0 saturated carbocycles. The van der Waals surface area contributed by atoms with Gasteiger partial charge in [0.25, 0.3) is 0 Å². The Hall–Kier alpha value is -0.700. The summed E-state index contributed by atoms with van der Waals surface area (Å²) in [6, 6.07) is 0. The normalized spacial score (nSPS) is 11.6. The lowest BCUT2D eigenvalue weighted by molar-refractivity contribution is -0.923. The molecule has 0 saturated heterocycles. The Bertz CT molecular complexity index is 455. The van der Waals surface area contributed by atoms with Gasteiger partial charge in [-0.1, -0.05) is 45.4 Å². The zero-order valence-electron chi connectivity index (χ0n) is 18.7. The molecule has 28 heavy (non-hydrogen) atoms. The van der Waals surface area contributed by atoms with Crippen molar-refractivity contribution in [3.8, 4) is 0 Å². The quantitative estimate of drug-likeness (QED) is 0.122. The van der Waals surface area contributed by atoms with Gasteiger partial charge in [-0.05, 0) is 34.1 Å². The van der Waals surface area contributed by atoms with E-state index in [1.165, 1.54) is 39.0 Å². The standard InChI is InChI=1S/C18H38NO2.C2H6O4S/c1-5-9-10-11-12-13-14-15-18(20)21-17-16-19(6-2,7-3)8-4;1-2-6-7(3,4)5/h5-17H2,1-4H3;2H2,1H3,(H,3,4,5)/q+1;/p-1. The van der Waals surface area contributed by atoms with Crippen molar-refractivity contribution < 1.29 is 31.2 Å². The highest BCUT2D eigenvalue weighted by atomic mass is 32.3. The zero-order chi connectivity index (χ0) is 21.9. The monoisotopic (exact) mass is 425 g/mol. The molecule has 170 valence electrons. The van der Waals surface area contributed by atoms with Gasteiger partial charge in [0.15, 0.2) is 0 Å². The molecular weight excluding hydrogens is 382 g/mol. The molecule has 0 aromatic heterocycles. The number of ether oxygens (including phenoxy) is 1. The molecule has 0 aliphatic heterocycles.